The summed E-state index contributed by atoms with van der Waals surface area (Å²) in [6, 6.07) is 7.92. The largest absolute Gasteiger partial charge is 0.384 e. The Morgan fingerprint density at radius 2 is 2.20 bits per heavy atom. The van der Waals surface area contributed by atoms with Gasteiger partial charge in [-0.3, -0.25) is 14.9 Å². The summed E-state index contributed by atoms with van der Waals surface area (Å²) >= 11 is 0. The maximum Gasteiger partial charge on any atom is 0.294 e. The van der Waals surface area contributed by atoms with Gasteiger partial charge in [0.15, 0.2) is 5.69 Å². The quantitative estimate of drug-likeness (QED) is 0.613. The van der Waals surface area contributed by atoms with E-state index in [-0.39, 0.29) is 17.3 Å². The molecule has 1 atom stereocenters. The lowest BCUT2D eigenvalue weighted by molar-refractivity contribution is -0.384. The number of aromatic nitrogens is 2. The molecule has 2 heterocycles. The van der Waals surface area contributed by atoms with Crippen LogP contribution in [-0.4, -0.2) is 52.3 Å². The fraction of sp³-hybridized carbons (Fsp3) is 0.412. The summed E-state index contributed by atoms with van der Waals surface area (Å²) < 4.78 is 6.57. The van der Waals surface area contributed by atoms with Gasteiger partial charge in [0.1, 0.15) is 5.69 Å². The van der Waals surface area contributed by atoms with E-state index in [1.165, 1.54) is 10.7 Å². The number of carbonyl (C=O) groups is 1. The molecule has 132 valence electrons. The molecule has 0 aliphatic carbocycles. The molecule has 1 aromatic carbocycles. The minimum Gasteiger partial charge on any atom is -0.384 e. The monoisotopic (exact) mass is 344 g/mol. The van der Waals surface area contributed by atoms with Crippen LogP contribution in [0.25, 0.3) is 5.69 Å². The number of benzene rings is 1. The average molecular weight is 344 g/mol. The third kappa shape index (κ3) is 3.69. The highest BCUT2D eigenvalue weighted by Crippen LogP contribution is 2.23. The predicted octanol–water partition coefficient (Wildman–Crippen LogP) is 2.28. The summed E-state index contributed by atoms with van der Waals surface area (Å²) in [6.07, 6.45) is 3.55. The number of hydrogen-bond donors (Lipinski definition) is 0. The lowest BCUT2D eigenvalue weighted by Crippen LogP contribution is -2.41. The molecule has 0 bridgehead atoms. The number of rotatable bonds is 5. The summed E-state index contributed by atoms with van der Waals surface area (Å²) in [5, 5.41) is 15.4. The third-order valence-electron chi connectivity index (χ3n) is 4.34. The van der Waals surface area contributed by atoms with Crippen LogP contribution in [0, 0.1) is 16.0 Å². The van der Waals surface area contributed by atoms with Crippen molar-refractivity contribution in [2.24, 2.45) is 5.92 Å². The topological polar surface area (TPSA) is 90.5 Å². The molecule has 1 aromatic heterocycles. The molecule has 0 saturated carbocycles. The van der Waals surface area contributed by atoms with Crippen LogP contribution in [0.1, 0.15) is 23.3 Å². The lowest BCUT2D eigenvalue weighted by atomic mass is 9.99. The second-order valence-electron chi connectivity index (χ2n) is 6.11. The summed E-state index contributed by atoms with van der Waals surface area (Å²) in [4.78, 5) is 25.2. The molecule has 2 aromatic rings. The zero-order valence-corrected chi connectivity index (χ0v) is 14.0. The molecule has 0 radical (unpaired) electrons. The average Bonchev–Trinajstić information content (AvgIpc) is 3.11. The Hall–Kier alpha value is -2.74. The molecule has 8 nitrogen and oxygen atoms in total. The van der Waals surface area contributed by atoms with E-state index in [1.807, 2.05) is 0 Å². The van der Waals surface area contributed by atoms with Crippen LogP contribution < -0.4 is 0 Å². The Morgan fingerprint density at radius 3 is 2.96 bits per heavy atom. The number of amides is 1. The van der Waals surface area contributed by atoms with E-state index in [2.05, 4.69) is 5.10 Å². The molecule has 1 saturated heterocycles. The van der Waals surface area contributed by atoms with Gasteiger partial charge in [0, 0.05) is 32.5 Å². The summed E-state index contributed by atoms with van der Waals surface area (Å²) in [5.74, 6) is 0.179. The number of nitro benzene ring substituents is 1. The van der Waals surface area contributed by atoms with Gasteiger partial charge in [-0.15, -0.1) is 0 Å². The fourth-order valence-corrected chi connectivity index (χ4v) is 3.17. The molecular formula is C17H20N4O4. The molecule has 0 spiro atoms. The first kappa shape index (κ1) is 17.1. The molecule has 25 heavy (non-hydrogen) atoms. The molecule has 0 unspecified atom stereocenters. The molecular weight excluding hydrogens is 324 g/mol. The molecule has 8 heteroatoms. The van der Waals surface area contributed by atoms with E-state index in [1.54, 1.807) is 42.5 Å². The first-order chi connectivity index (χ1) is 12.1. The summed E-state index contributed by atoms with van der Waals surface area (Å²) in [5.41, 5.74) is 0.571. The normalized spacial score (nSPS) is 17.5. The van der Waals surface area contributed by atoms with Gasteiger partial charge in [0.2, 0.25) is 0 Å². The molecule has 0 N–H and O–H groups in total. The van der Waals surface area contributed by atoms with Crippen molar-refractivity contribution in [3.05, 3.63) is 52.3 Å². The van der Waals surface area contributed by atoms with E-state index in [9.17, 15) is 14.9 Å². The Morgan fingerprint density at radius 1 is 1.40 bits per heavy atom. The van der Waals surface area contributed by atoms with E-state index in [0.29, 0.717) is 31.3 Å². The van der Waals surface area contributed by atoms with Crippen molar-refractivity contribution in [3.63, 3.8) is 0 Å². The number of likely N-dealkylation sites (tertiary alicyclic amines) is 1. The van der Waals surface area contributed by atoms with Crippen LogP contribution in [0.4, 0.5) is 5.69 Å². The number of piperidine rings is 1. The van der Waals surface area contributed by atoms with Crippen LogP contribution in [0.15, 0.2) is 36.5 Å². The van der Waals surface area contributed by atoms with Crippen molar-refractivity contribution < 1.29 is 14.5 Å². The van der Waals surface area contributed by atoms with Gasteiger partial charge < -0.3 is 9.64 Å². The number of ether oxygens (including phenoxy) is 1. The minimum absolute atomic E-state index is 0.0530. The van der Waals surface area contributed by atoms with Crippen molar-refractivity contribution in [2.75, 3.05) is 26.8 Å². The fourth-order valence-electron chi connectivity index (χ4n) is 3.17. The second kappa shape index (κ2) is 7.43. The minimum atomic E-state index is -0.460. The summed E-state index contributed by atoms with van der Waals surface area (Å²) in [7, 11) is 1.66. The van der Waals surface area contributed by atoms with E-state index in [4.69, 9.17) is 4.74 Å². The maximum atomic E-state index is 12.7. The number of hydrogen-bond acceptors (Lipinski definition) is 5. The third-order valence-corrected chi connectivity index (χ3v) is 4.34. The second-order valence-corrected chi connectivity index (χ2v) is 6.11. The Labute approximate surface area is 145 Å². The zero-order chi connectivity index (χ0) is 17.8. The van der Waals surface area contributed by atoms with E-state index >= 15 is 0 Å². The van der Waals surface area contributed by atoms with Crippen LogP contribution in [-0.2, 0) is 4.74 Å². The molecule has 1 amide bonds. The van der Waals surface area contributed by atoms with Gasteiger partial charge in [0.05, 0.1) is 11.5 Å². The van der Waals surface area contributed by atoms with Crippen molar-refractivity contribution >= 4 is 11.6 Å². The van der Waals surface area contributed by atoms with Gasteiger partial charge in [-0.1, -0.05) is 12.1 Å². The number of carbonyl (C=O) groups excluding carboxylic acids is 1. The van der Waals surface area contributed by atoms with Crippen molar-refractivity contribution in [3.8, 4) is 5.69 Å². The van der Waals surface area contributed by atoms with Crippen molar-refractivity contribution in [1.82, 2.24) is 14.7 Å². The number of para-hydroxylation sites is 2. The lowest BCUT2D eigenvalue weighted by Gasteiger charge is -2.31. The van der Waals surface area contributed by atoms with Gasteiger partial charge in [-0.2, -0.15) is 5.10 Å². The Balaban J connectivity index is 1.80. The Bertz CT molecular complexity index is 772. The SMILES string of the molecule is COC[C@H]1CCCN(C(=O)c2ccn(-c3ccccc3[N+](=O)[O-])n2)C1. The number of methoxy groups -OCH3 is 1. The highest BCUT2D eigenvalue weighted by molar-refractivity contribution is 5.92. The van der Waals surface area contributed by atoms with Gasteiger partial charge in [-0.05, 0) is 30.9 Å². The van der Waals surface area contributed by atoms with Crippen molar-refractivity contribution in [2.45, 2.75) is 12.8 Å². The molecule has 3 rings (SSSR count). The maximum absolute atomic E-state index is 12.7. The van der Waals surface area contributed by atoms with Crippen LogP contribution in [0.3, 0.4) is 0 Å². The smallest absolute Gasteiger partial charge is 0.294 e. The standard InChI is InChI=1S/C17H20N4O4/c1-25-12-13-5-4-9-19(11-13)17(22)14-8-10-20(18-14)15-6-2-3-7-16(15)21(23)24/h2-3,6-8,10,13H,4-5,9,11-12H2,1H3/t13-/m0/s1. The van der Waals surface area contributed by atoms with Crippen LogP contribution >= 0.6 is 0 Å². The first-order valence-corrected chi connectivity index (χ1v) is 8.18. The van der Waals surface area contributed by atoms with Crippen LogP contribution in [0.2, 0.25) is 0 Å². The van der Waals surface area contributed by atoms with E-state index < -0.39 is 4.92 Å². The number of nitrogens with zero attached hydrogens (tertiary/aromatic N) is 4. The van der Waals surface area contributed by atoms with Gasteiger partial charge in [0.25, 0.3) is 11.6 Å². The predicted molar refractivity (Wildman–Crippen MR) is 90.7 cm³/mol. The molecule has 1 fully saturated rings. The zero-order valence-electron chi connectivity index (χ0n) is 14.0. The molecule has 1 aliphatic heterocycles. The highest BCUT2D eigenvalue weighted by atomic mass is 16.6. The highest BCUT2D eigenvalue weighted by Gasteiger charge is 2.26. The summed E-state index contributed by atoms with van der Waals surface area (Å²) in [6.45, 7) is 1.97. The number of nitro groups is 1. The van der Waals surface area contributed by atoms with Crippen LogP contribution in [0.5, 0.6) is 0 Å². The van der Waals surface area contributed by atoms with Gasteiger partial charge >= 0.3 is 0 Å². The Kier molecular flexibility index (Phi) is 5.08. The van der Waals surface area contributed by atoms with Crippen molar-refractivity contribution in [1.29, 1.82) is 0 Å². The molecule has 1 aliphatic rings. The van der Waals surface area contributed by atoms with Gasteiger partial charge in [-0.25, -0.2) is 4.68 Å². The van der Waals surface area contributed by atoms with E-state index in [0.717, 1.165) is 12.8 Å². The first-order valence-electron chi connectivity index (χ1n) is 8.18.